The fourth-order valence-electron chi connectivity index (χ4n) is 11.4. The van der Waals surface area contributed by atoms with E-state index in [9.17, 15) is 14.4 Å². The Bertz CT molecular complexity index is 1310. The number of rotatable bonds is 69. The second-order valence-corrected chi connectivity index (χ2v) is 25.2. The maximum Gasteiger partial charge on any atom is 0.306 e. The molecule has 0 N–H and O–H groups in total. The highest BCUT2D eigenvalue weighted by Gasteiger charge is 2.20. The van der Waals surface area contributed by atoms with Gasteiger partial charge in [0, 0.05) is 19.3 Å². The molecule has 0 aliphatic heterocycles. The van der Waals surface area contributed by atoms with Crippen molar-refractivity contribution in [2.75, 3.05) is 13.2 Å². The Morgan fingerprint density at radius 1 is 0.247 bits per heavy atom. The summed E-state index contributed by atoms with van der Waals surface area (Å²) in [4.78, 5) is 38.2. The molecule has 0 aromatic heterocycles. The third kappa shape index (κ3) is 68.6. The van der Waals surface area contributed by atoms with E-state index < -0.39 is 6.10 Å². The Kier molecular flexibility index (Phi) is 68.5. The zero-order chi connectivity index (χ0) is 58.5. The van der Waals surface area contributed by atoms with Gasteiger partial charge in [-0.3, -0.25) is 14.4 Å². The molecule has 0 fully saturated rings. The second kappa shape index (κ2) is 70.4. The summed E-state index contributed by atoms with van der Waals surface area (Å²) in [5, 5.41) is 0. The lowest BCUT2D eigenvalue weighted by atomic mass is 10.0. The van der Waals surface area contributed by atoms with Crippen LogP contribution in [0.25, 0.3) is 0 Å². The van der Waals surface area contributed by atoms with E-state index in [0.717, 1.165) is 64.2 Å². The molecule has 0 rings (SSSR count). The van der Waals surface area contributed by atoms with Crippen LogP contribution in [0.2, 0.25) is 0 Å². The van der Waals surface area contributed by atoms with Crippen molar-refractivity contribution >= 4 is 17.9 Å². The van der Waals surface area contributed by atoms with Crippen LogP contribution < -0.4 is 0 Å². The first-order valence-electron chi connectivity index (χ1n) is 36.8. The standard InChI is InChI=1S/C75H142O6/c1-4-7-10-13-16-18-20-22-24-26-28-30-32-33-34-35-36-37-38-39-40-41-43-44-46-48-50-52-54-56-59-62-65-68-74(77)80-71-72(70-79-73(76)67-64-61-58-15-12-9-6-3)81-75(78)69-66-63-60-57-55-53-51-49-47-45-42-31-29-27-25-23-21-19-17-14-11-8-5-2/h20,22,26,28,72H,4-19,21,23-25,27,29-71H2,1-3H3/b22-20-,28-26-. The Labute approximate surface area is 506 Å². The van der Waals surface area contributed by atoms with Crippen molar-refractivity contribution < 1.29 is 28.6 Å². The van der Waals surface area contributed by atoms with Crippen molar-refractivity contribution in [3.8, 4) is 0 Å². The minimum atomic E-state index is -0.764. The lowest BCUT2D eigenvalue weighted by Crippen LogP contribution is -2.30. The van der Waals surface area contributed by atoms with Gasteiger partial charge >= 0.3 is 17.9 Å². The van der Waals surface area contributed by atoms with Crippen LogP contribution in [0.5, 0.6) is 0 Å². The molecule has 0 radical (unpaired) electrons. The van der Waals surface area contributed by atoms with Gasteiger partial charge in [-0.2, -0.15) is 0 Å². The van der Waals surface area contributed by atoms with Gasteiger partial charge in [0.1, 0.15) is 13.2 Å². The summed E-state index contributed by atoms with van der Waals surface area (Å²) >= 11 is 0. The van der Waals surface area contributed by atoms with Crippen molar-refractivity contribution in [1.29, 1.82) is 0 Å². The fraction of sp³-hybridized carbons (Fsp3) is 0.907. The highest BCUT2D eigenvalue weighted by atomic mass is 16.6. The molecule has 0 amide bonds. The summed E-state index contributed by atoms with van der Waals surface area (Å²) in [5.74, 6) is -0.838. The van der Waals surface area contributed by atoms with E-state index >= 15 is 0 Å². The third-order valence-corrected chi connectivity index (χ3v) is 17.0. The summed E-state index contributed by atoms with van der Waals surface area (Å²) in [6.07, 6.45) is 86.9. The molecule has 6 nitrogen and oxygen atoms in total. The van der Waals surface area contributed by atoms with Crippen LogP contribution in [-0.2, 0) is 28.6 Å². The van der Waals surface area contributed by atoms with Crippen molar-refractivity contribution in [1.82, 2.24) is 0 Å². The minimum Gasteiger partial charge on any atom is -0.462 e. The predicted octanol–water partition coefficient (Wildman–Crippen LogP) is 25.3. The number of ether oxygens (including phenoxy) is 3. The Hall–Kier alpha value is -2.11. The summed E-state index contributed by atoms with van der Waals surface area (Å²) in [7, 11) is 0. The highest BCUT2D eigenvalue weighted by molar-refractivity contribution is 5.71. The smallest absolute Gasteiger partial charge is 0.306 e. The van der Waals surface area contributed by atoms with E-state index in [-0.39, 0.29) is 31.1 Å². The lowest BCUT2D eigenvalue weighted by Gasteiger charge is -2.18. The van der Waals surface area contributed by atoms with Crippen LogP contribution in [0.1, 0.15) is 419 Å². The number of carbonyl (C=O) groups excluding carboxylic acids is 3. The largest absolute Gasteiger partial charge is 0.462 e. The molecule has 0 aliphatic carbocycles. The number of esters is 3. The molecule has 0 saturated heterocycles. The number of carbonyl (C=O) groups is 3. The van der Waals surface area contributed by atoms with Crippen LogP contribution in [0.15, 0.2) is 24.3 Å². The summed E-state index contributed by atoms with van der Waals surface area (Å²) in [5.41, 5.74) is 0. The van der Waals surface area contributed by atoms with Gasteiger partial charge in [-0.15, -0.1) is 0 Å². The maximum absolute atomic E-state index is 12.9. The van der Waals surface area contributed by atoms with E-state index in [2.05, 4.69) is 45.1 Å². The molecule has 81 heavy (non-hydrogen) atoms. The van der Waals surface area contributed by atoms with Gasteiger partial charge in [0.05, 0.1) is 0 Å². The molecule has 0 bridgehead atoms. The molecular weight excluding hydrogens is 997 g/mol. The molecule has 0 aromatic carbocycles. The molecule has 1 unspecified atom stereocenters. The maximum atomic E-state index is 12.9. The van der Waals surface area contributed by atoms with E-state index in [4.69, 9.17) is 14.2 Å². The van der Waals surface area contributed by atoms with Crippen molar-refractivity contribution in [3.63, 3.8) is 0 Å². The molecule has 0 spiro atoms. The van der Waals surface area contributed by atoms with Gasteiger partial charge in [0.2, 0.25) is 0 Å². The molecule has 478 valence electrons. The van der Waals surface area contributed by atoms with Gasteiger partial charge in [-0.25, -0.2) is 0 Å². The van der Waals surface area contributed by atoms with Crippen LogP contribution in [-0.4, -0.2) is 37.2 Å². The van der Waals surface area contributed by atoms with Crippen LogP contribution in [0, 0.1) is 0 Å². The minimum absolute atomic E-state index is 0.0636. The summed E-state index contributed by atoms with van der Waals surface area (Å²) in [6.45, 7) is 6.67. The van der Waals surface area contributed by atoms with E-state index in [1.807, 2.05) is 0 Å². The van der Waals surface area contributed by atoms with Gasteiger partial charge in [-0.1, -0.05) is 373 Å². The Balaban J connectivity index is 3.95. The monoisotopic (exact) mass is 1140 g/mol. The van der Waals surface area contributed by atoms with Gasteiger partial charge in [-0.05, 0) is 51.4 Å². The topological polar surface area (TPSA) is 78.9 Å². The molecule has 0 saturated carbocycles. The van der Waals surface area contributed by atoms with E-state index in [0.29, 0.717) is 19.3 Å². The van der Waals surface area contributed by atoms with Crippen molar-refractivity contribution in [2.45, 2.75) is 425 Å². The Morgan fingerprint density at radius 3 is 0.679 bits per heavy atom. The summed E-state index contributed by atoms with van der Waals surface area (Å²) < 4.78 is 16.9. The average Bonchev–Trinajstić information content (AvgIpc) is 3.47. The summed E-state index contributed by atoms with van der Waals surface area (Å²) in [6, 6.07) is 0. The van der Waals surface area contributed by atoms with Gasteiger partial charge in [0.15, 0.2) is 6.10 Å². The molecule has 0 aromatic rings. The van der Waals surface area contributed by atoms with Crippen molar-refractivity contribution in [3.05, 3.63) is 24.3 Å². The zero-order valence-electron chi connectivity index (χ0n) is 55.1. The normalized spacial score (nSPS) is 12.1. The predicted molar refractivity (Wildman–Crippen MR) is 353 cm³/mol. The molecule has 0 aliphatic rings. The number of allylic oxidation sites excluding steroid dienone is 4. The second-order valence-electron chi connectivity index (χ2n) is 25.2. The van der Waals surface area contributed by atoms with Gasteiger partial charge in [0.25, 0.3) is 0 Å². The molecule has 0 heterocycles. The molecular formula is C75H142O6. The van der Waals surface area contributed by atoms with Crippen LogP contribution >= 0.6 is 0 Å². The molecule has 1 atom stereocenters. The first kappa shape index (κ1) is 78.9. The first-order chi connectivity index (χ1) is 40.0. The highest BCUT2D eigenvalue weighted by Crippen LogP contribution is 2.19. The average molecular weight is 1140 g/mol. The van der Waals surface area contributed by atoms with Crippen molar-refractivity contribution in [2.24, 2.45) is 0 Å². The quantitative estimate of drug-likeness (QED) is 0.0261. The SMILES string of the molecule is CCCCCCC/C=C\C/C=C\CCCCCCCCCCCCCCCCCCCCCCCC(=O)OCC(COC(=O)CCCCCCCCC)OC(=O)CCCCCCCCCCCCCCCCCCCCCCCCC. The number of unbranched alkanes of at least 4 members (excludes halogenated alkanes) is 54. The van der Waals surface area contributed by atoms with E-state index in [1.54, 1.807) is 0 Å². The fourth-order valence-corrected chi connectivity index (χ4v) is 11.4. The zero-order valence-corrected chi connectivity index (χ0v) is 55.1. The number of hydrogen-bond donors (Lipinski definition) is 0. The Morgan fingerprint density at radius 2 is 0.444 bits per heavy atom. The third-order valence-electron chi connectivity index (χ3n) is 17.0. The van der Waals surface area contributed by atoms with E-state index in [1.165, 1.54) is 315 Å². The lowest BCUT2D eigenvalue weighted by molar-refractivity contribution is -0.167. The van der Waals surface area contributed by atoms with Gasteiger partial charge < -0.3 is 14.2 Å². The first-order valence-corrected chi connectivity index (χ1v) is 36.8. The molecule has 6 heteroatoms. The number of hydrogen-bond acceptors (Lipinski definition) is 6. The van der Waals surface area contributed by atoms with Crippen LogP contribution in [0.3, 0.4) is 0 Å². The van der Waals surface area contributed by atoms with Crippen LogP contribution in [0.4, 0.5) is 0 Å².